The Morgan fingerprint density at radius 2 is 2.13 bits per heavy atom. The lowest BCUT2D eigenvalue weighted by Gasteiger charge is -2.35. The second kappa shape index (κ2) is 3.83. The number of rotatable bonds is 3. The molecule has 0 saturated carbocycles. The topological polar surface area (TPSA) is 57.6 Å². The molecule has 0 bridgehead atoms. The fraction of sp³-hybridized carbons (Fsp3) is 0.818. The molecule has 0 aromatic carbocycles. The Balaban J connectivity index is 2.90. The minimum Gasteiger partial charge on any atom is -0.481 e. The zero-order chi connectivity index (χ0) is 11.8. The van der Waals surface area contributed by atoms with Crippen molar-refractivity contribution in [3.8, 4) is 0 Å². The van der Waals surface area contributed by atoms with Crippen LogP contribution in [0.2, 0.25) is 0 Å². The van der Waals surface area contributed by atoms with Gasteiger partial charge in [-0.25, -0.2) is 0 Å². The highest BCUT2D eigenvalue weighted by Gasteiger charge is 2.49. The van der Waals surface area contributed by atoms with Crippen LogP contribution in [0.4, 0.5) is 0 Å². The summed E-state index contributed by atoms with van der Waals surface area (Å²) in [6.45, 7) is 8.35. The number of carboxylic acids is 1. The van der Waals surface area contributed by atoms with E-state index < -0.39 is 17.4 Å². The van der Waals surface area contributed by atoms with Gasteiger partial charge < -0.3 is 10.0 Å². The Hall–Kier alpha value is -1.06. The molecule has 1 saturated heterocycles. The van der Waals surface area contributed by atoms with Crippen molar-refractivity contribution in [2.24, 2.45) is 11.8 Å². The maximum absolute atomic E-state index is 11.7. The van der Waals surface area contributed by atoms with E-state index in [1.165, 1.54) is 0 Å². The van der Waals surface area contributed by atoms with Crippen molar-refractivity contribution >= 4 is 11.9 Å². The maximum Gasteiger partial charge on any atom is 0.309 e. The van der Waals surface area contributed by atoms with Crippen LogP contribution >= 0.6 is 0 Å². The minimum absolute atomic E-state index is 0.0406. The predicted octanol–water partition coefficient (Wildman–Crippen LogP) is 1.35. The third kappa shape index (κ3) is 2.13. The van der Waals surface area contributed by atoms with Crippen LogP contribution in [-0.4, -0.2) is 34.0 Å². The van der Waals surface area contributed by atoms with Crippen LogP contribution in [0.5, 0.6) is 0 Å². The van der Waals surface area contributed by atoms with Gasteiger partial charge in [0, 0.05) is 13.0 Å². The van der Waals surface area contributed by atoms with Gasteiger partial charge in [0.25, 0.3) is 0 Å². The van der Waals surface area contributed by atoms with E-state index in [0.29, 0.717) is 12.5 Å². The molecule has 1 rings (SSSR count). The first-order valence-electron chi connectivity index (χ1n) is 5.30. The molecule has 4 nitrogen and oxygen atoms in total. The summed E-state index contributed by atoms with van der Waals surface area (Å²) < 4.78 is 0. The first kappa shape index (κ1) is 12.0. The van der Waals surface area contributed by atoms with Crippen molar-refractivity contribution in [3.63, 3.8) is 0 Å². The molecule has 1 fully saturated rings. The molecule has 1 N–H and O–H groups in total. The summed E-state index contributed by atoms with van der Waals surface area (Å²) in [6, 6.07) is 0. The molecule has 1 unspecified atom stereocenters. The van der Waals surface area contributed by atoms with Gasteiger partial charge in [0.2, 0.25) is 5.91 Å². The monoisotopic (exact) mass is 213 g/mol. The number of carbonyl (C=O) groups excluding carboxylic acids is 1. The summed E-state index contributed by atoms with van der Waals surface area (Å²) in [6.07, 6.45) is 0.134. The van der Waals surface area contributed by atoms with Crippen molar-refractivity contribution in [2.75, 3.05) is 6.54 Å². The highest BCUT2D eigenvalue weighted by molar-refractivity contribution is 5.88. The average Bonchev–Trinajstić information content (AvgIpc) is 2.27. The van der Waals surface area contributed by atoms with Crippen LogP contribution < -0.4 is 0 Å². The smallest absolute Gasteiger partial charge is 0.309 e. The van der Waals surface area contributed by atoms with E-state index in [9.17, 15) is 9.59 Å². The zero-order valence-electron chi connectivity index (χ0n) is 9.78. The van der Waals surface area contributed by atoms with E-state index in [1.807, 2.05) is 27.7 Å². The number of carbonyl (C=O) groups is 2. The summed E-state index contributed by atoms with van der Waals surface area (Å²) in [7, 11) is 0. The van der Waals surface area contributed by atoms with Crippen LogP contribution in [0.25, 0.3) is 0 Å². The number of aliphatic carboxylic acids is 1. The molecule has 1 aliphatic rings. The van der Waals surface area contributed by atoms with Crippen LogP contribution in [0.3, 0.4) is 0 Å². The lowest BCUT2D eigenvalue weighted by atomic mass is 9.88. The standard InChI is InChI=1S/C11H19NO3/c1-7(2)6-12-9(13)5-8(10(14)15)11(12,3)4/h7-8H,5-6H2,1-4H3,(H,14,15). The lowest BCUT2D eigenvalue weighted by molar-refractivity contribution is -0.144. The Labute approximate surface area is 90.3 Å². The van der Waals surface area contributed by atoms with Gasteiger partial charge in [-0.05, 0) is 19.8 Å². The first-order chi connectivity index (χ1) is 6.76. The third-order valence-electron chi connectivity index (χ3n) is 3.07. The summed E-state index contributed by atoms with van der Waals surface area (Å²) in [5.41, 5.74) is -0.562. The molecule has 86 valence electrons. The van der Waals surface area contributed by atoms with Gasteiger partial charge in [-0.15, -0.1) is 0 Å². The molecule has 0 radical (unpaired) electrons. The maximum atomic E-state index is 11.7. The lowest BCUT2D eigenvalue weighted by Crippen LogP contribution is -2.47. The van der Waals surface area contributed by atoms with E-state index in [4.69, 9.17) is 5.11 Å². The quantitative estimate of drug-likeness (QED) is 0.770. The predicted molar refractivity (Wildman–Crippen MR) is 56.4 cm³/mol. The van der Waals surface area contributed by atoms with Gasteiger partial charge in [0.1, 0.15) is 0 Å². The Kier molecular flexibility index (Phi) is 3.07. The Morgan fingerprint density at radius 3 is 2.47 bits per heavy atom. The van der Waals surface area contributed by atoms with Crippen molar-refractivity contribution < 1.29 is 14.7 Å². The number of amides is 1. The summed E-state index contributed by atoms with van der Waals surface area (Å²) in [4.78, 5) is 24.4. The SMILES string of the molecule is CC(C)CN1C(=O)CC(C(=O)O)C1(C)C. The zero-order valence-corrected chi connectivity index (χ0v) is 9.78. The van der Waals surface area contributed by atoms with Crippen molar-refractivity contribution in [2.45, 2.75) is 39.7 Å². The molecule has 1 amide bonds. The number of likely N-dealkylation sites (tertiary alicyclic amines) is 1. The van der Waals surface area contributed by atoms with E-state index in [1.54, 1.807) is 4.90 Å². The number of hydrogen-bond acceptors (Lipinski definition) is 2. The highest BCUT2D eigenvalue weighted by atomic mass is 16.4. The van der Waals surface area contributed by atoms with Crippen molar-refractivity contribution in [1.82, 2.24) is 4.90 Å². The fourth-order valence-electron chi connectivity index (χ4n) is 2.14. The second-order valence-electron chi connectivity index (χ2n) is 5.15. The van der Waals surface area contributed by atoms with Crippen LogP contribution in [0.1, 0.15) is 34.1 Å². The normalized spacial score (nSPS) is 25.0. The van der Waals surface area contributed by atoms with Gasteiger partial charge in [-0.1, -0.05) is 13.8 Å². The molecule has 0 spiro atoms. The average molecular weight is 213 g/mol. The summed E-state index contributed by atoms with van der Waals surface area (Å²) >= 11 is 0. The van der Waals surface area contributed by atoms with Crippen LogP contribution in [0, 0.1) is 11.8 Å². The van der Waals surface area contributed by atoms with Crippen LogP contribution in [0.15, 0.2) is 0 Å². The molecule has 15 heavy (non-hydrogen) atoms. The van der Waals surface area contributed by atoms with E-state index in [0.717, 1.165) is 0 Å². The van der Waals surface area contributed by atoms with Crippen LogP contribution in [-0.2, 0) is 9.59 Å². The molecule has 0 aliphatic carbocycles. The minimum atomic E-state index is -0.875. The molecule has 0 aromatic heterocycles. The molecule has 0 aromatic rings. The summed E-state index contributed by atoms with van der Waals surface area (Å²) in [5.74, 6) is -1.13. The van der Waals surface area contributed by atoms with Crippen molar-refractivity contribution in [3.05, 3.63) is 0 Å². The largest absolute Gasteiger partial charge is 0.481 e. The molecule has 4 heteroatoms. The fourth-order valence-corrected chi connectivity index (χ4v) is 2.14. The molecular weight excluding hydrogens is 194 g/mol. The Bertz CT molecular complexity index is 284. The van der Waals surface area contributed by atoms with Gasteiger partial charge in [0.05, 0.1) is 11.5 Å². The van der Waals surface area contributed by atoms with Gasteiger partial charge in [-0.3, -0.25) is 9.59 Å². The van der Waals surface area contributed by atoms with Gasteiger partial charge >= 0.3 is 5.97 Å². The summed E-state index contributed by atoms with van der Waals surface area (Å²) in [5, 5.41) is 9.04. The second-order valence-corrected chi connectivity index (χ2v) is 5.15. The molecule has 1 atom stereocenters. The van der Waals surface area contributed by atoms with E-state index in [-0.39, 0.29) is 12.3 Å². The van der Waals surface area contributed by atoms with Crippen molar-refractivity contribution in [1.29, 1.82) is 0 Å². The third-order valence-corrected chi connectivity index (χ3v) is 3.07. The number of hydrogen-bond donors (Lipinski definition) is 1. The first-order valence-corrected chi connectivity index (χ1v) is 5.30. The van der Waals surface area contributed by atoms with E-state index >= 15 is 0 Å². The van der Waals surface area contributed by atoms with Gasteiger partial charge in [0.15, 0.2) is 0 Å². The van der Waals surface area contributed by atoms with Gasteiger partial charge in [-0.2, -0.15) is 0 Å². The molecule has 1 heterocycles. The Morgan fingerprint density at radius 1 is 1.60 bits per heavy atom. The molecular formula is C11H19NO3. The number of nitrogens with zero attached hydrogens (tertiary/aromatic N) is 1. The number of carboxylic acid groups (broad SMARTS) is 1. The molecule has 1 aliphatic heterocycles. The highest BCUT2D eigenvalue weighted by Crippen LogP contribution is 2.36. The van der Waals surface area contributed by atoms with E-state index in [2.05, 4.69) is 0 Å².